The van der Waals surface area contributed by atoms with Crippen LogP contribution in [0.4, 0.5) is 11.4 Å². The van der Waals surface area contributed by atoms with E-state index in [2.05, 4.69) is 5.32 Å². The van der Waals surface area contributed by atoms with E-state index in [0.717, 1.165) is 4.88 Å². The van der Waals surface area contributed by atoms with Crippen molar-refractivity contribution in [1.29, 1.82) is 0 Å². The average Bonchev–Trinajstić information content (AvgIpc) is 2.74. The largest absolute Gasteiger partial charge is 0.477 e. The molecule has 0 aliphatic heterocycles. The van der Waals surface area contributed by atoms with Crippen LogP contribution in [0.1, 0.15) is 25.7 Å². The number of para-hydroxylation sites is 1. The van der Waals surface area contributed by atoms with Crippen molar-refractivity contribution >= 4 is 28.7 Å². The second-order valence-electron chi connectivity index (χ2n) is 4.57. The minimum atomic E-state index is -1.31. The molecule has 1 heterocycles. The van der Waals surface area contributed by atoms with Crippen LogP contribution in [0.5, 0.6) is 0 Å². The van der Waals surface area contributed by atoms with Gasteiger partial charge in [0.05, 0.1) is 4.92 Å². The molecule has 2 N–H and O–H groups in total. The number of carboxylic acid groups (broad SMARTS) is 1. The zero-order chi connectivity index (χ0) is 15.6. The Kier molecular flexibility index (Phi) is 4.23. The van der Waals surface area contributed by atoms with Gasteiger partial charge >= 0.3 is 11.7 Å². The van der Waals surface area contributed by atoms with E-state index in [1.54, 1.807) is 11.3 Å². The van der Waals surface area contributed by atoms with Crippen molar-refractivity contribution in [3.05, 3.63) is 55.3 Å². The van der Waals surface area contributed by atoms with Crippen LogP contribution in [-0.4, -0.2) is 16.0 Å². The van der Waals surface area contributed by atoms with Crippen LogP contribution < -0.4 is 5.32 Å². The van der Waals surface area contributed by atoms with E-state index in [-0.39, 0.29) is 11.3 Å². The molecule has 0 saturated carbocycles. The summed E-state index contributed by atoms with van der Waals surface area (Å²) in [4.78, 5) is 23.8. The molecule has 7 heteroatoms. The van der Waals surface area contributed by atoms with E-state index < -0.39 is 16.6 Å². The number of nitrogens with zero attached hydrogens (tertiary/aromatic N) is 1. The molecule has 0 saturated heterocycles. The number of hydrogen-bond acceptors (Lipinski definition) is 5. The van der Waals surface area contributed by atoms with Crippen LogP contribution >= 0.6 is 11.3 Å². The molecule has 1 aromatic carbocycles. The van der Waals surface area contributed by atoms with Gasteiger partial charge in [0, 0.05) is 16.3 Å². The van der Waals surface area contributed by atoms with E-state index in [1.807, 2.05) is 19.9 Å². The fourth-order valence-corrected chi connectivity index (χ4v) is 2.97. The normalized spacial score (nSPS) is 10.4. The predicted molar refractivity (Wildman–Crippen MR) is 81.2 cm³/mol. The third kappa shape index (κ3) is 3.19. The first-order valence-electron chi connectivity index (χ1n) is 6.20. The standard InChI is InChI=1S/C14H14N2O4S/c1-8-6-10(21-9(8)2)7-15-12-5-3-4-11(14(17)18)13(12)16(19)20/h3-6,15H,7H2,1-2H3,(H,17,18). The lowest BCUT2D eigenvalue weighted by Crippen LogP contribution is -2.07. The number of nitrogens with one attached hydrogen (secondary N) is 1. The molecule has 0 aliphatic carbocycles. The monoisotopic (exact) mass is 306 g/mol. The first-order valence-corrected chi connectivity index (χ1v) is 7.02. The van der Waals surface area contributed by atoms with E-state index >= 15 is 0 Å². The van der Waals surface area contributed by atoms with Gasteiger partial charge in [-0.05, 0) is 37.6 Å². The van der Waals surface area contributed by atoms with Crippen LogP contribution in [0.25, 0.3) is 0 Å². The molecule has 6 nitrogen and oxygen atoms in total. The van der Waals surface area contributed by atoms with E-state index in [1.165, 1.54) is 28.6 Å². The maximum atomic E-state index is 11.1. The Morgan fingerprint density at radius 2 is 2.14 bits per heavy atom. The number of aryl methyl sites for hydroxylation is 2. The number of hydrogen-bond donors (Lipinski definition) is 2. The SMILES string of the molecule is Cc1cc(CNc2cccc(C(=O)O)c2[N+](=O)[O-])sc1C. The van der Waals surface area contributed by atoms with Gasteiger partial charge in [-0.2, -0.15) is 0 Å². The molecule has 1 aromatic heterocycles. The van der Waals surface area contributed by atoms with E-state index in [9.17, 15) is 14.9 Å². The summed E-state index contributed by atoms with van der Waals surface area (Å²) < 4.78 is 0. The van der Waals surface area contributed by atoms with Crippen molar-refractivity contribution < 1.29 is 14.8 Å². The number of nitro groups is 1. The molecule has 0 amide bonds. The molecule has 0 aliphatic rings. The van der Waals surface area contributed by atoms with E-state index in [4.69, 9.17) is 5.11 Å². The topological polar surface area (TPSA) is 92.5 Å². The Morgan fingerprint density at radius 1 is 1.43 bits per heavy atom. The predicted octanol–water partition coefficient (Wildman–Crippen LogP) is 3.58. The second-order valence-corrected chi connectivity index (χ2v) is 5.91. The lowest BCUT2D eigenvalue weighted by molar-refractivity contribution is -0.384. The summed E-state index contributed by atoms with van der Waals surface area (Å²) in [5, 5.41) is 23.1. The van der Waals surface area contributed by atoms with Gasteiger partial charge in [-0.15, -0.1) is 11.3 Å². The fourth-order valence-electron chi connectivity index (χ4n) is 1.97. The third-order valence-corrected chi connectivity index (χ3v) is 4.27. The highest BCUT2D eigenvalue weighted by Crippen LogP contribution is 2.30. The summed E-state index contributed by atoms with van der Waals surface area (Å²) in [7, 11) is 0. The molecule has 21 heavy (non-hydrogen) atoms. The van der Waals surface area contributed by atoms with Crippen LogP contribution in [0.2, 0.25) is 0 Å². The molecule has 0 fully saturated rings. The number of carboxylic acids is 1. The van der Waals surface area contributed by atoms with Crippen molar-refractivity contribution in [3.8, 4) is 0 Å². The van der Waals surface area contributed by atoms with Crippen molar-refractivity contribution in [2.24, 2.45) is 0 Å². The fraction of sp³-hybridized carbons (Fsp3) is 0.214. The quantitative estimate of drug-likeness (QED) is 0.650. The Hall–Kier alpha value is -2.41. The Labute approximate surface area is 125 Å². The third-order valence-electron chi connectivity index (χ3n) is 3.12. The molecule has 0 bridgehead atoms. The smallest absolute Gasteiger partial charge is 0.342 e. The number of nitro benzene ring substituents is 1. The maximum absolute atomic E-state index is 11.1. The second kappa shape index (κ2) is 5.92. The first kappa shape index (κ1) is 15.0. The summed E-state index contributed by atoms with van der Waals surface area (Å²) in [6.07, 6.45) is 0. The van der Waals surface area contributed by atoms with Crippen LogP contribution in [0.3, 0.4) is 0 Å². The first-order chi connectivity index (χ1) is 9.90. The molecular weight excluding hydrogens is 292 g/mol. The summed E-state index contributed by atoms with van der Waals surface area (Å²) >= 11 is 1.61. The van der Waals surface area contributed by atoms with Crippen molar-refractivity contribution in [2.75, 3.05) is 5.32 Å². The van der Waals surface area contributed by atoms with Gasteiger partial charge in [0.2, 0.25) is 0 Å². The minimum Gasteiger partial charge on any atom is -0.477 e. The number of aromatic carboxylic acids is 1. The van der Waals surface area contributed by atoms with Crippen LogP contribution in [0, 0.1) is 24.0 Å². The van der Waals surface area contributed by atoms with Gasteiger partial charge in [-0.1, -0.05) is 6.07 Å². The molecular formula is C14H14N2O4S. The summed E-state index contributed by atoms with van der Waals surface area (Å²) in [5.74, 6) is -1.31. The van der Waals surface area contributed by atoms with Gasteiger partial charge < -0.3 is 10.4 Å². The number of rotatable bonds is 5. The van der Waals surface area contributed by atoms with Crippen LogP contribution in [-0.2, 0) is 6.54 Å². The lowest BCUT2D eigenvalue weighted by atomic mass is 10.1. The zero-order valence-electron chi connectivity index (χ0n) is 11.5. The average molecular weight is 306 g/mol. The van der Waals surface area contributed by atoms with Crippen molar-refractivity contribution in [2.45, 2.75) is 20.4 Å². The Balaban J connectivity index is 2.29. The summed E-state index contributed by atoms with van der Waals surface area (Å²) in [6, 6.07) is 6.24. The number of benzene rings is 1. The van der Waals surface area contributed by atoms with Crippen molar-refractivity contribution in [3.63, 3.8) is 0 Å². The molecule has 0 unspecified atom stereocenters. The lowest BCUT2D eigenvalue weighted by Gasteiger charge is -2.07. The molecule has 0 radical (unpaired) electrons. The molecule has 0 spiro atoms. The number of anilines is 1. The van der Waals surface area contributed by atoms with Gasteiger partial charge in [0.25, 0.3) is 0 Å². The Morgan fingerprint density at radius 3 is 2.67 bits per heavy atom. The minimum absolute atomic E-state index is 0.212. The highest BCUT2D eigenvalue weighted by Gasteiger charge is 2.24. The summed E-state index contributed by atoms with van der Waals surface area (Å²) in [6.45, 7) is 4.43. The van der Waals surface area contributed by atoms with Gasteiger partial charge in [-0.3, -0.25) is 10.1 Å². The van der Waals surface area contributed by atoms with Crippen molar-refractivity contribution in [1.82, 2.24) is 0 Å². The molecule has 2 rings (SSSR count). The summed E-state index contributed by atoms with van der Waals surface area (Å²) in [5.41, 5.74) is 0.660. The number of thiophene rings is 1. The Bertz CT molecular complexity index is 689. The molecule has 0 atom stereocenters. The highest BCUT2D eigenvalue weighted by molar-refractivity contribution is 7.12. The maximum Gasteiger partial charge on any atom is 0.342 e. The van der Waals surface area contributed by atoms with Crippen LogP contribution in [0.15, 0.2) is 24.3 Å². The molecule has 2 aromatic rings. The van der Waals surface area contributed by atoms with E-state index in [0.29, 0.717) is 6.54 Å². The number of carbonyl (C=O) groups is 1. The zero-order valence-corrected chi connectivity index (χ0v) is 12.4. The molecule has 110 valence electrons. The van der Waals surface area contributed by atoms with Gasteiger partial charge in [-0.25, -0.2) is 4.79 Å². The highest BCUT2D eigenvalue weighted by atomic mass is 32.1. The van der Waals surface area contributed by atoms with Gasteiger partial charge in [0.15, 0.2) is 0 Å². The van der Waals surface area contributed by atoms with Gasteiger partial charge in [0.1, 0.15) is 11.3 Å².